The van der Waals surface area contributed by atoms with Gasteiger partial charge >= 0.3 is 11.9 Å². The number of nitrogens with zero attached hydrogens (tertiary/aromatic N) is 4. The Morgan fingerprint density at radius 1 is 0.604 bits per heavy atom. The van der Waals surface area contributed by atoms with Crippen LogP contribution in [0.1, 0.15) is 80.5 Å². The number of aryl methyl sites for hydroxylation is 2. The molecule has 0 unspecified atom stereocenters. The normalized spacial score (nSPS) is 13.9. The minimum Gasteiger partial charge on any atom is -0.434 e. The fourth-order valence-electron chi connectivity index (χ4n) is 5.32. The molecule has 10 nitrogen and oxygen atoms in total. The number of aromatic nitrogens is 4. The minimum atomic E-state index is -0.782. The molecule has 5 aromatic rings. The van der Waals surface area contributed by atoms with Crippen LogP contribution in [0, 0.1) is 13.8 Å². The SMILES string of the molecule is Cc1cccc(C2CC2)c1Oc1nnc(Cl)cc1OC(=O)c1cccc(C(=O)Oc2cc(Cl)nnc2Oc2c(C)cccc2C2CC2)c1. The Morgan fingerprint density at radius 2 is 1.02 bits per heavy atom. The maximum absolute atomic E-state index is 13.4. The lowest BCUT2D eigenvalue weighted by Gasteiger charge is -2.15. The minimum absolute atomic E-state index is 0.00673. The summed E-state index contributed by atoms with van der Waals surface area (Å²) in [6.45, 7) is 3.86. The predicted molar refractivity (Wildman–Crippen MR) is 177 cm³/mol. The van der Waals surface area contributed by atoms with Crippen LogP contribution in [-0.4, -0.2) is 32.3 Å². The molecule has 0 amide bonds. The van der Waals surface area contributed by atoms with Gasteiger partial charge in [0, 0.05) is 12.1 Å². The summed E-state index contributed by atoms with van der Waals surface area (Å²) in [5.41, 5.74) is 4.04. The summed E-state index contributed by atoms with van der Waals surface area (Å²) in [7, 11) is 0. The Kier molecular flexibility index (Phi) is 8.68. The molecule has 48 heavy (non-hydrogen) atoms. The number of carbonyl (C=O) groups excluding carboxylic acids is 2. The van der Waals surface area contributed by atoms with E-state index in [0.717, 1.165) is 47.9 Å². The van der Waals surface area contributed by atoms with Crippen LogP contribution in [0.15, 0.2) is 72.8 Å². The van der Waals surface area contributed by atoms with Crippen LogP contribution in [-0.2, 0) is 0 Å². The first-order valence-electron chi connectivity index (χ1n) is 15.4. The molecule has 2 aliphatic carbocycles. The van der Waals surface area contributed by atoms with Gasteiger partial charge in [-0.1, -0.05) is 65.7 Å². The van der Waals surface area contributed by atoms with Crippen LogP contribution in [0.3, 0.4) is 0 Å². The van der Waals surface area contributed by atoms with Crippen LogP contribution in [0.4, 0.5) is 0 Å². The number of halogens is 2. The van der Waals surface area contributed by atoms with E-state index >= 15 is 0 Å². The van der Waals surface area contributed by atoms with Gasteiger partial charge in [-0.25, -0.2) is 9.59 Å². The topological polar surface area (TPSA) is 123 Å². The highest BCUT2D eigenvalue weighted by Gasteiger charge is 2.30. The van der Waals surface area contributed by atoms with E-state index in [1.165, 1.54) is 36.4 Å². The van der Waals surface area contributed by atoms with Gasteiger partial charge in [-0.2, -0.15) is 0 Å². The lowest BCUT2D eigenvalue weighted by molar-refractivity contribution is 0.0728. The molecule has 242 valence electrons. The fraction of sp³-hybridized carbons (Fsp3) is 0.222. The van der Waals surface area contributed by atoms with Crippen molar-refractivity contribution in [2.75, 3.05) is 0 Å². The maximum atomic E-state index is 13.4. The van der Waals surface area contributed by atoms with E-state index < -0.39 is 11.9 Å². The lowest BCUT2D eigenvalue weighted by Crippen LogP contribution is -2.14. The number of hydrogen-bond acceptors (Lipinski definition) is 10. The molecular formula is C36H28Cl2N4O6. The molecule has 2 aromatic heterocycles. The fourth-order valence-corrected chi connectivity index (χ4v) is 5.59. The maximum Gasteiger partial charge on any atom is 0.343 e. The third kappa shape index (κ3) is 6.95. The molecule has 0 spiro atoms. The summed E-state index contributed by atoms with van der Waals surface area (Å²) >= 11 is 12.2. The van der Waals surface area contributed by atoms with Crippen LogP contribution in [0.2, 0.25) is 10.3 Å². The second-order valence-electron chi connectivity index (χ2n) is 11.8. The van der Waals surface area contributed by atoms with E-state index in [0.29, 0.717) is 23.3 Å². The van der Waals surface area contributed by atoms with Gasteiger partial charge < -0.3 is 18.9 Å². The van der Waals surface area contributed by atoms with E-state index in [2.05, 4.69) is 20.4 Å². The van der Waals surface area contributed by atoms with Gasteiger partial charge in [-0.15, -0.1) is 20.4 Å². The average molecular weight is 684 g/mol. The van der Waals surface area contributed by atoms with E-state index in [1.807, 2.05) is 50.2 Å². The monoisotopic (exact) mass is 682 g/mol. The summed E-state index contributed by atoms with van der Waals surface area (Å²) in [4.78, 5) is 26.7. The second kappa shape index (κ2) is 13.2. The number of benzene rings is 3. The summed E-state index contributed by atoms with van der Waals surface area (Å²) in [6.07, 6.45) is 4.28. The molecular weight excluding hydrogens is 655 g/mol. The Balaban J connectivity index is 1.10. The Bertz CT molecular complexity index is 1920. The van der Waals surface area contributed by atoms with Gasteiger partial charge in [-0.3, -0.25) is 0 Å². The number of esters is 2. The van der Waals surface area contributed by atoms with Gasteiger partial charge in [0.2, 0.25) is 0 Å². The number of carbonyl (C=O) groups is 2. The zero-order chi connectivity index (χ0) is 33.4. The summed E-state index contributed by atoms with van der Waals surface area (Å²) in [5, 5.41) is 15.9. The Hall–Kier alpha value is -5.06. The van der Waals surface area contributed by atoms with E-state index in [9.17, 15) is 9.59 Å². The first kappa shape index (κ1) is 31.5. The molecule has 2 saturated carbocycles. The predicted octanol–water partition coefficient (Wildman–Crippen LogP) is 8.97. The smallest absolute Gasteiger partial charge is 0.343 e. The summed E-state index contributed by atoms with van der Waals surface area (Å²) < 4.78 is 23.7. The van der Waals surface area contributed by atoms with E-state index in [-0.39, 0.29) is 44.7 Å². The molecule has 0 atom stereocenters. The van der Waals surface area contributed by atoms with Crippen molar-refractivity contribution < 1.29 is 28.5 Å². The lowest BCUT2D eigenvalue weighted by atomic mass is 10.1. The summed E-state index contributed by atoms with van der Waals surface area (Å²) in [6, 6.07) is 20.4. The molecule has 7 rings (SSSR count). The molecule has 2 fully saturated rings. The van der Waals surface area contributed by atoms with Crippen molar-refractivity contribution in [1.29, 1.82) is 0 Å². The largest absolute Gasteiger partial charge is 0.434 e. The zero-order valence-corrected chi connectivity index (χ0v) is 27.4. The Morgan fingerprint density at radius 3 is 1.44 bits per heavy atom. The van der Waals surface area contributed by atoms with Gasteiger partial charge in [0.15, 0.2) is 21.8 Å². The molecule has 0 N–H and O–H groups in total. The first-order chi connectivity index (χ1) is 23.2. The standard InChI is InChI=1S/C36H28Cl2N4O6/c1-19-6-3-10-25(21-12-13-21)31(19)47-33-27(17-29(37)39-41-33)45-35(43)23-8-5-9-24(16-23)36(44)46-28-18-30(38)40-42-34(28)48-32-20(2)7-4-11-26(32)22-14-15-22/h3-11,16-18,21-22H,12-15H2,1-2H3. The van der Waals surface area contributed by atoms with Gasteiger partial charge in [0.25, 0.3) is 11.8 Å². The number of rotatable bonds is 10. The highest BCUT2D eigenvalue weighted by Crippen LogP contribution is 2.48. The van der Waals surface area contributed by atoms with Gasteiger partial charge in [-0.05, 0) is 91.8 Å². The third-order valence-corrected chi connectivity index (χ3v) is 8.42. The first-order valence-corrected chi connectivity index (χ1v) is 16.1. The average Bonchev–Trinajstić information content (AvgIpc) is 4.00. The van der Waals surface area contributed by atoms with Gasteiger partial charge in [0.05, 0.1) is 11.1 Å². The second-order valence-corrected chi connectivity index (χ2v) is 12.5. The van der Waals surface area contributed by atoms with Crippen molar-refractivity contribution in [3.8, 4) is 34.8 Å². The number of ether oxygens (including phenoxy) is 4. The molecule has 2 aliphatic rings. The molecule has 2 heterocycles. The van der Waals surface area contributed by atoms with Crippen LogP contribution in [0.5, 0.6) is 34.8 Å². The Labute approximate surface area is 285 Å². The number of para-hydroxylation sites is 2. The molecule has 3 aromatic carbocycles. The third-order valence-electron chi connectivity index (χ3n) is 8.05. The number of hydrogen-bond donors (Lipinski definition) is 0. The highest BCUT2D eigenvalue weighted by atomic mass is 35.5. The van der Waals surface area contributed by atoms with Crippen LogP contribution < -0.4 is 18.9 Å². The van der Waals surface area contributed by atoms with Gasteiger partial charge in [0.1, 0.15) is 11.5 Å². The zero-order valence-electron chi connectivity index (χ0n) is 25.9. The van der Waals surface area contributed by atoms with Crippen molar-refractivity contribution in [3.05, 3.63) is 116 Å². The molecule has 0 bridgehead atoms. The van der Waals surface area contributed by atoms with Crippen molar-refractivity contribution in [2.24, 2.45) is 0 Å². The van der Waals surface area contributed by atoms with Crippen LogP contribution in [0.25, 0.3) is 0 Å². The van der Waals surface area contributed by atoms with Crippen molar-refractivity contribution in [3.63, 3.8) is 0 Å². The molecule has 0 radical (unpaired) electrons. The van der Waals surface area contributed by atoms with Crippen molar-refractivity contribution >= 4 is 35.1 Å². The highest BCUT2D eigenvalue weighted by molar-refractivity contribution is 6.29. The molecule has 0 aliphatic heterocycles. The summed E-state index contributed by atoms with van der Waals surface area (Å²) in [5.74, 6) is 0.415. The van der Waals surface area contributed by atoms with Crippen molar-refractivity contribution in [2.45, 2.75) is 51.4 Å². The molecule has 12 heteroatoms. The van der Waals surface area contributed by atoms with Crippen LogP contribution >= 0.6 is 23.2 Å². The van der Waals surface area contributed by atoms with Crippen molar-refractivity contribution in [1.82, 2.24) is 20.4 Å². The van der Waals surface area contributed by atoms with E-state index in [4.69, 9.17) is 42.1 Å². The quantitative estimate of drug-likeness (QED) is 0.132. The van der Waals surface area contributed by atoms with E-state index in [1.54, 1.807) is 0 Å². The molecule has 0 saturated heterocycles.